The van der Waals surface area contributed by atoms with Gasteiger partial charge < -0.3 is 17.7 Å². The summed E-state index contributed by atoms with van der Waals surface area (Å²) in [5.41, 5.74) is -1.04. The number of rotatable bonds is 4. The Hall–Kier alpha value is 0.111. The minimum absolute atomic E-state index is 0. The number of benzene rings is 1. The predicted octanol–water partition coefficient (Wildman–Crippen LogP) is 0.290. The zero-order valence-corrected chi connectivity index (χ0v) is 12.1. The molecular weight excluding hydrogens is 269 g/mol. The van der Waals surface area contributed by atoms with Crippen molar-refractivity contribution in [3.8, 4) is 5.75 Å². The van der Waals surface area contributed by atoms with Crippen LogP contribution >= 0.6 is 0 Å². The van der Waals surface area contributed by atoms with Gasteiger partial charge in [0.1, 0.15) is 5.75 Å². The summed E-state index contributed by atoms with van der Waals surface area (Å²) in [6, 6.07) is 2.48. The van der Waals surface area contributed by atoms with Crippen molar-refractivity contribution in [2.24, 2.45) is 0 Å². The van der Waals surface area contributed by atoms with Gasteiger partial charge in [0.15, 0.2) is 11.6 Å². The Morgan fingerprint density at radius 3 is 2.24 bits per heavy atom. The van der Waals surface area contributed by atoms with Crippen molar-refractivity contribution in [3.63, 3.8) is 0 Å². The molecule has 1 aromatic rings. The number of hydrogen-bond acceptors (Lipinski definition) is 1. The van der Waals surface area contributed by atoms with Gasteiger partial charge in [0, 0.05) is 6.07 Å². The summed E-state index contributed by atoms with van der Waals surface area (Å²) in [6.45, 7) is -3.18. The van der Waals surface area contributed by atoms with Crippen LogP contribution in [0.5, 0.6) is 5.75 Å². The topological polar surface area (TPSA) is 9.23 Å². The standard InChI is InChI=1S/C9H7BF5O.K/c1-6(10(13,14)15)5-16-7-2-3-8(11)9(12)4-7;/h2-4H,1,5H2;/q-1;+1. The molecule has 0 amide bonds. The molecule has 0 fully saturated rings. The first-order valence-electron chi connectivity index (χ1n) is 4.26. The second-order valence-corrected chi connectivity index (χ2v) is 3.10. The Balaban J connectivity index is 0.00000256. The monoisotopic (exact) mass is 276 g/mol. The van der Waals surface area contributed by atoms with E-state index in [1.165, 1.54) is 0 Å². The SMILES string of the molecule is C=C(COc1ccc(F)c(F)c1)[B-](F)(F)F.[K+]. The van der Waals surface area contributed by atoms with E-state index in [0.717, 1.165) is 12.1 Å². The van der Waals surface area contributed by atoms with Crippen molar-refractivity contribution in [3.05, 3.63) is 41.9 Å². The number of halogens is 5. The van der Waals surface area contributed by atoms with Gasteiger partial charge in [-0.15, -0.1) is 12.1 Å². The summed E-state index contributed by atoms with van der Waals surface area (Å²) >= 11 is 0. The number of hydrogen-bond donors (Lipinski definition) is 0. The van der Waals surface area contributed by atoms with Crippen LogP contribution in [0.3, 0.4) is 0 Å². The van der Waals surface area contributed by atoms with Crippen LogP contribution < -0.4 is 56.1 Å². The summed E-state index contributed by atoms with van der Waals surface area (Å²) in [7, 11) is 0. The van der Waals surface area contributed by atoms with E-state index in [0.29, 0.717) is 6.07 Å². The first-order chi connectivity index (χ1) is 7.30. The quantitative estimate of drug-likeness (QED) is 0.567. The van der Waals surface area contributed by atoms with Crippen LogP contribution in [0.2, 0.25) is 0 Å². The molecule has 0 aromatic heterocycles. The third-order valence-corrected chi connectivity index (χ3v) is 1.78. The van der Waals surface area contributed by atoms with Crippen LogP contribution in [0.15, 0.2) is 30.3 Å². The van der Waals surface area contributed by atoms with E-state index in [9.17, 15) is 21.7 Å². The van der Waals surface area contributed by atoms with Crippen molar-refractivity contribution in [1.82, 2.24) is 0 Å². The van der Waals surface area contributed by atoms with E-state index in [2.05, 4.69) is 11.3 Å². The van der Waals surface area contributed by atoms with Crippen molar-refractivity contribution < 1.29 is 77.8 Å². The van der Waals surface area contributed by atoms with Crippen molar-refractivity contribution in [2.75, 3.05) is 6.61 Å². The van der Waals surface area contributed by atoms with Gasteiger partial charge in [-0.05, 0) is 12.1 Å². The largest absolute Gasteiger partial charge is 1.00 e. The smallest absolute Gasteiger partial charge is 0.492 e. The maximum Gasteiger partial charge on any atom is 1.00 e. The van der Waals surface area contributed by atoms with Gasteiger partial charge >= 0.3 is 58.4 Å². The van der Waals surface area contributed by atoms with Gasteiger partial charge in [-0.25, -0.2) is 8.78 Å². The van der Waals surface area contributed by atoms with E-state index in [-0.39, 0.29) is 57.1 Å². The van der Waals surface area contributed by atoms with Gasteiger partial charge in [-0.2, -0.15) is 0 Å². The molecule has 0 atom stereocenters. The molecule has 0 aliphatic rings. The van der Waals surface area contributed by atoms with Crippen molar-refractivity contribution in [1.29, 1.82) is 0 Å². The van der Waals surface area contributed by atoms with Gasteiger partial charge in [0.25, 0.3) is 0 Å². The molecular formula is C9H7BF5KO. The first kappa shape index (κ1) is 17.1. The second kappa shape index (κ2) is 6.89. The molecule has 1 nitrogen and oxygen atoms in total. The van der Waals surface area contributed by atoms with Crippen LogP contribution in [0.1, 0.15) is 0 Å². The fourth-order valence-corrected chi connectivity index (χ4v) is 0.837. The molecule has 1 aromatic carbocycles. The average Bonchev–Trinajstić information content (AvgIpc) is 2.18. The minimum Gasteiger partial charge on any atom is -0.492 e. The van der Waals surface area contributed by atoms with Gasteiger partial charge in [-0.1, -0.05) is 0 Å². The van der Waals surface area contributed by atoms with E-state index in [1.54, 1.807) is 0 Å². The Bertz CT molecular complexity index is 407. The van der Waals surface area contributed by atoms with Crippen molar-refractivity contribution >= 4 is 6.98 Å². The van der Waals surface area contributed by atoms with Crippen LogP contribution in [0.25, 0.3) is 0 Å². The average molecular weight is 276 g/mol. The molecule has 1 rings (SSSR count). The van der Waals surface area contributed by atoms with Crippen LogP contribution in [0.4, 0.5) is 21.7 Å². The summed E-state index contributed by atoms with van der Waals surface area (Å²) in [4.78, 5) is 0. The van der Waals surface area contributed by atoms with E-state index in [4.69, 9.17) is 0 Å². The zero-order chi connectivity index (χ0) is 12.3. The molecule has 0 aliphatic carbocycles. The predicted molar refractivity (Wildman–Crippen MR) is 50.1 cm³/mol. The molecule has 0 bridgehead atoms. The fourth-order valence-electron chi connectivity index (χ4n) is 0.837. The molecule has 0 saturated heterocycles. The van der Waals surface area contributed by atoms with Gasteiger partial charge in [0.2, 0.25) is 0 Å². The number of ether oxygens (including phenoxy) is 1. The Labute approximate surface area is 138 Å². The third kappa shape index (κ3) is 5.52. The summed E-state index contributed by atoms with van der Waals surface area (Å²) in [5.74, 6) is -2.45. The summed E-state index contributed by atoms with van der Waals surface area (Å²) in [6.07, 6.45) is 0. The Kier molecular flexibility index (Phi) is 6.93. The Morgan fingerprint density at radius 2 is 1.76 bits per heavy atom. The molecule has 0 spiro atoms. The molecule has 0 heterocycles. The molecule has 0 saturated carbocycles. The van der Waals surface area contributed by atoms with E-state index < -0.39 is 30.7 Å². The fraction of sp³-hybridized carbons (Fsp3) is 0.111. The maximum atomic E-state index is 12.6. The van der Waals surface area contributed by atoms with Crippen LogP contribution in [-0.4, -0.2) is 13.6 Å². The summed E-state index contributed by atoms with van der Waals surface area (Å²) in [5, 5.41) is 0. The van der Waals surface area contributed by atoms with Crippen LogP contribution in [0, 0.1) is 11.6 Å². The summed E-state index contributed by atoms with van der Waals surface area (Å²) < 4.78 is 65.9. The molecule has 0 aliphatic heterocycles. The first-order valence-corrected chi connectivity index (χ1v) is 4.26. The van der Waals surface area contributed by atoms with E-state index >= 15 is 0 Å². The minimum atomic E-state index is -5.17. The molecule has 0 radical (unpaired) electrons. The van der Waals surface area contributed by atoms with Gasteiger partial charge in [0.05, 0.1) is 6.61 Å². The second-order valence-electron chi connectivity index (χ2n) is 3.10. The molecule has 17 heavy (non-hydrogen) atoms. The molecule has 88 valence electrons. The molecule has 8 heteroatoms. The normalized spacial score (nSPS) is 10.6. The Morgan fingerprint density at radius 1 is 1.18 bits per heavy atom. The van der Waals surface area contributed by atoms with Crippen molar-refractivity contribution in [2.45, 2.75) is 0 Å². The molecule has 0 unspecified atom stereocenters. The van der Waals surface area contributed by atoms with Gasteiger partial charge in [-0.3, -0.25) is 0 Å². The third-order valence-electron chi connectivity index (χ3n) is 1.78. The van der Waals surface area contributed by atoms with E-state index in [1.807, 2.05) is 0 Å². The maximum absolute atomic E-state index is 12.6. The zero-order valence-electron chi connectivity index (χ0n) is 9.02. The molecule has 0 N–H and O–H groups in total. The van der Waals surface area contributed by atoms with Crippen LogP contribution in [-0.2, 0) is 0 Å².